The van der Waals surface area contributed by atoms with E-state index in [0.29, 0.717) is 37.6 Å². The zero-order valence-corrected chi connectivity index (χ0v) is 14.9. The molecule has 7 nitrogen and oxygen atoms in total. The monoisotopic (exact) mass is 347 g/mol. The maximum Gasteiger partial charge on any atom is 0.318 e. The van der Waals surface area contributed by atoms with Crippen LogP contribution in [0.3, 0.4) is 0 Å². The average molecular weight is 347 g/mol. The fraction of sp³-hybridized carbons (Fsp3) is 0.444. The van der Waals surface area contributed by atoms with E-state index >= 15 is 0 Å². The predicted molar refractivity (Wildman–Crippen MR) is 94.9 cm³/mol. The highest BCUT2D eigenvalue weighted by Gasteiger charge is 2.29. The highest BCUT2D eigenvalue weighted by molar-refractivity contribution is 5.87. The van der Waals surface area contributed by atoms with Gasteiger partial charge in [-0.05, 0) is 31.0 Å². The van der Waals surface area contributed by atoms with Gasteiger partial charge in [-0.2, -0.15) is 0 Å². The van der Waals surface area contributed by atoms with Crippen LogP contribution in [0, 0.1) is 0 Å². The van der Waals surface area contributed by atoms with Crippen LogP contribution in [0.1, 0.15) is 18.1 Å². The van der Waals surface area contributed by atoms with Crippen LogP contribution in [-0.4, -0.2) is 50.2 Å². The molecule has 0 aliphatic carbocycles. The number of benzene rings is 1. The number of urea groups is 1. The normalized spacial score (nSPS) is 16.8. The summed E-state index contributed by atoms with van der Waals surface area (Å²) in [7, 11) is 3.17. The van der Waals surface area contributed by atoms with Gasteiger partial charge in [0.05, 0.1) is 14.2 Å². The highest BCUT2D eigenvalue weighted by atomic mass is 16.5. The van der Waals surface area contributed by atoms with E-state index in [-0.39, 0.29) is 11.9 Å². The maximum absolute atomic E-state index is 12.4. The summed E-state index contributed by atoms with van der Waals surface area (Å²) in [6.45, 7) is 6.76. The number of hydrogen-bond donors (Lipinski definition) is 2. The first-order chi connectivity index (χ1) is 12.0. The fourth-order valence-electron chi connectivity index (χ4n) is 2.85. The summed E-state index contributed by atoms with van der Waals surface area (Å²) in [5.41, 5.74) is 1.82. The number of nitrogens with one attached hydrogen (secondary N) is 2. The Bertz CT molecular complexity index is 660. The molecule has 0 radical (unpaired) electrons. The van der Waals surface area contributed by atoms with Crippen molar-refractivity contribution in [3.63, 3.8) is 0 Å². The van der Waals surface area contributed by atoms with E-state index < -0.39 is 6.04 Å². The second kappa shape index (κ2) is 8.41. The first-order valence-electron chi connectivity index (χ1n) is 8.18. The van der Waals surface area contributed by atoms with Gasteiger partial charge in [-0.1, -0.05) is 6.08 Å². The largest absolute Gasteiger partial charge is 0.493 e. The van der Waals surface area contributed by atoms with Crippen LogP contribution in [0.15, 0.2) is 24.8 Å². The van der Waals surface area contributed by atoms with Gasteiger partial charge >= 0.3 is 6.03 Å². The zero-order valence-electron chi connectivity index (χ0n) is 14.9. The Morgan fingerprint density at radius 2 is 2.20 bits per heavy atom. The lowest BCUT2D eigenvalue weighted by molar-refractivity contribution is -0.126. The quantitative estimate of drug-likeness (QED) is 0.764. The van der Waals surface area contributed by atoms with Crippen molar-refractivity contribution in [3.8, 4) is 11.5 Å². The first kappa shape index (κ1) is 18.6. The topological polar surface area (TPSA) is 79.9 Å². The van der Waals surface area contributed by atoms with Crippen LogP contribution in [0.25, 0.3) is 0 Å². The number of carbonyl (C=O) groups excluding carboxylic acids is 2. The van der Waals surface area contributed by atoms with Crippen LogP contribution in [0.5, 0.6) is 11.5 Å². The highest BCUT2D eigenvalue weighted by Crippen LogP contribution is 2.33. The molecule has 1 aliphatic rings. The summed E-state index contributed by atoms with van der Waals surface area (Å²) in [6, 6.07) is 3.05. The lowest BCUT2D eigenvalue weighted by atomic mass is 10.1. The van der Waals surface area contributed by atoms with Crippen LogP contribution in [0.4, 0.5) is 4.79 Å². The third-order valence-corrected chi connectivity index (χ3v) is 4.18. The molecule has 1 aromatic carbocycles. The molecule has 25 heavy (non-hydrogen) atoms. The Morgan fingerprint density at radius 1 is 1.44 bits per heavy atom. The van der Waals surface area contributed by atoms with Gasteiger partial charge in [-0.3, -0.25) is 4.79 Å². The number of ether oxygens (including phenoxy) is 2. The van der Waals surface area contributed by atoms with Gasteiger partial charge in [0.2, 0.25) is 5.91 Å². The molecule has 0 spiro atoms. The van der Waals surface area contributed by atoms with E-state index in [1.54, 1.807) is 27.2 Å². The Morgan fingerprint density at radius 3 is 2.84 bits per heavy atom. The van der Waals surface area contributed by atoms with Crippen LogP contribution < -0.4 is 20.1 Å². The van der Waals surface area contributed by atoms with Crippen LogP contribution >= 0.6 is 0 Å². The van der Waals surface area contributed by atoms with Crippen molar-refractivity contribution in [2.24, 2.45) is 0 Å². The third-order valence-electron chi connectivity index (χ3n) is 4.18. The summed E-state index contributed by atoms with van der Waals surface area (Å²) >= 11 is 0. The predicted octanol–water partition coefficient (Wildman–Crippen LogP) is 1.46. The number of piperazine rings is 1. The molecule has 136 valence electrons. The summed E-state index contributed by atoms with van der Waals surface area (Å²) in [4.78, 5) is 25.6. The molecule has 2 N–H and O–H groups in total. The van der Waals surface area contributed by atoms with Gasteiger partial charge < -0.3 is 25.0 Å². The van der Waals surface area contributed by atoms with Crippen molar-refractivity contribution < 1.29 is 19.1 Å². The van der Waals surface area contributed by atoms with Gasteiger partial charge in [-0.15, -0.1) is 6.58 Å². The second-order valence-corrected chi connectivity index (χ2v) is 5.80. The van der Waals surface area contributed by atoms with E-state index in [9.17, 15) is 9.59 Å². The number of methoxy groups -OCH3 is 2. The first-order valence-corrected chi connectivity index (χ1v) is 8.18. The van der Waals surface area contributed by atoms with Gasteiger partial charge in [0.1, 0.15) is 6.04 Å². The smallest absolute Gasteiger partial charge is 0.318 e. The second-order valence-electron chi connectivity index (χ2n) is 5.80. The number of allylic oxidation sites excluding steroid dienone is 1. The lowest BCUT2D eigenvalue weighted by Crippen LogP contribution is -2.58. The minimum atomic E-state index is -0.476. The van der Waals surface area contributed by atoms with Gasteiger partial charge in [0.15, 0.2) is 11.5 Å². The van der Waals surface area contributed by atoms with Crippen LogP contribution in [0.2, 0.25) is 0 Å². The molecule has 1 atom stereocenters. The van der Waals surface area contributed by atoms with Crippen molar-refractivity contribution in [2.45, 2.75) is 25.9 Å². The van der Waals surface area contributed by atoms with Crippen molar-refractivity contribution in [1.29, 1.82) is 0 Å². The molecule has 0 aromatic heterocycles. The van der Waals surface area contributed by atoms with Gasteiger partial charge in [0.25, 0.3) is 0 Å². The maximum atomic E-state index is 12.4. The number of amides is 3. The van der Waals surface area contributed by atoms with E-state index in [2.05, 4.69) is 17.2 Å². The zero-order chi connectivity index (χ0) is 18.4. The Kier molecular flexibility index (Phi) is 6.27. The number of carbonyl (C=O) groups is 2. The molecule has 1 aliphatic heterocycles. The molecule has 1 heterocycles. The van der Waals surface area contributed by atoms with Crippen molar-refractivity contribution in [3.05, 3.63) is 35.9 Å². The molecule has 0 bridgehead atoms. The summed E-state index contributed by atoms with van der Waals surface area (Å²) < 4.78 is 10.8. The molecule has 0 saturated carbocycles. The Balaban J connectivity index is 2.11. The number of rotatable bonds is 6. The minimum Gasteiger partial charge on any atom is -0.493 e. The fourth-order valence-corrected chi connectivity index (χ4v) is 2.85. The number of nitrogens with zero attached hydrogens (tertiary/aromatic N) is 1. The summed E-state index contributed by atoms with van der Waals surface area (Å²) in [5, 5.41) is 5.60. The molecule has 1 fully saturated rings. The van der Waals surface area contributed by atoms with Crippen molar-refractivity contribution >= 4 is 11.9 Å². The molecule has 2 rings (SSSR count). The SMILES string of the molecule is C=CCc1cc(CNC(=O)N2CCNC(=O)C2C)cc(OC)c1OC. The van der Waals surface area contributed by atoms with Gasteiger partial charge in [-0.25, -0.2) is 4.79 Å². The van der Waals surface area contributed by atoms with E-state index in [1.807, 2.05) is 12.1 Å². The Labute approximate surface area is 148 Å². The van der Waals surface area contributed by atoms with E-state index in [1.165, 1.54) is 4.90 Å². The van der Waals surface area contributed by atoms with Gasteiger partial charge in [0, 0.05) is 25.2 Å². The van der Waals surface area contributed by atoms with Crippen LogP contribution in [-0.2, 0) is 17.8 Å². The summed E-state index contributed by atoms with van der Waals surface area (Å²) in [5.74, 6) is 1.14. The third kappa shape index (κ3) is 4.23. The Hall–Kier alpha value is -2.70. The standard InChI is InChI=1S/C18H25N3O4/c1-5-6-14-9-13(10-15(24-3)16(14)25-4)11-20-18(23)21-8-7-19-17(22)12(21)2/h5,9-10,12H,1,6-8,11H2,2-4H3,(H,19,22)(H,20,23). The molecule has 3 amide bonds. The molecule has 1 aromatic rings. The minimum absolute atomic E-state index is 0.138. The van der Waals surface area contributed by atoms with Crippen molar-refractivity contribution in [1.82, 2.24) is 15.5 Å². The molecular weight excluding hydrogens is 322 g/mol. The van der Waals surface area contributed by atoms with E-state index in [0.717, 1.165) is 11.1 Å². The molecule has 1 saturated heterocycles. The lowest BCUT2D eigenvalue weighted by Gasteiger charge is -2.32. The molecule has 1 unspecified atom stereocenters. The summed E-state index contributed by atoms with van der Waals surface area (Å²) in [6.07, 6.45) is 2.42. The molecule has 7 heteroatoms. The molecular formula is C18H25N3O4. The average Bonchev–Trinajstić information content (AvgIpc) is 2.61. The van der Waals surface area contributed by atoms with Crippen molar-refractivity contribution in [2.75, 3.05) is 27.3 Å². The van der Waals surface area contributed by atoms with E-state index in [4.69, 9.17) is 9.47 Å². The number of hydrogen-bond acceptors (Lipinski definition) is 4.